The molecule has 0 saturated heterocycles. The van der Waals surface area contributed by atoms with E-state index >= 15 is 0 Å². The summed E-state index contributed by atoms with van der Waals surface area (Å²) in [6.45, 7) is 2.22. The van der Waals surface area contributed by atoms with E-state index in [0.717, 1.165) is 31.6 Å². The van der Waals surface area contributed by atoms with Gasteiger partial charge in [0.1, 0.15) is 5.82 Å². The van der Waals surface area contributed by atoms with Gasteiger partial charge < -0.3 is 11.1 Å². The molecule has 0 aromatic heterocycles. The molecule has 1 aromatic rings. The summed E-state index contributed by atoms with van der Waals surface area (Å²) < 4.78 is 13.0. The van der Waals surface area contributed by atoms with Crippen LogP contribution in [0, 0.1) is 17.7 Å². The maximum absolute atomic E-state index is 13.0. The second kappa shape index (κ2) is 5.38. The minimum absolute atomic E-state index is 0.0212. The van der Waals surface area contributed by atoms with Crippen molar-refractivity contribution in [2.24, 2.45) is 11.8 Å². The Morgan fingerprint density at radius 1 is 1.33 bits per heavy atom. The van der Waals surface area contributed by atoms with Crippen LogP contribution in [-0.2, 0) is 4.79 Å². The highest BCUT2D eigenvalue weighted by Crippen LogP contribution is 2.29. The lowest BCUT2D eigenvalue weighted by Gasteiger charge is -2.25. The van der Waals surface area contributed by atoms with E-state index in [-0.39, 0.29) is 17.5 Å². The van der Waals surface area contributed by atoms with Gasteiger partial charge in [-0.25, -0.2) is 4.39 Å². The zero-order chi connectivity index (χ0) is 13.1. The molecule has 18 heavy (non-hydrogen) atoms. The molecular weight excluding hydrogens is 231 g/mol. The van der Waals surface area contributed by atoms with Crippen LogP contribution in [0.1, 0.15) is 32.6 Å². The average Bonchev–Trinajstić information content (AvgIpc) is 2.34. The molecule has 1 saturated carbocycles. The van der Waals surface area contributed by atoms with Gasteiger partial charge in [-0.2, -0.15) is 0 Å². The van der Waals surface area contributed by atoms with Gasteiger partial charge in [0.2, 0.25) is 5.91 Å². The Bertz CT molecular complexity index is 439. The van der Waals surface area contributed by atoms with E-state index in [9.17, 15) is 9.18 Å². The van der Waals surface area contributed by atoms with E-state index < -0.39 is 5.82 Å². The summed E-state index contributed by atoms with van der Waals surface area (Å²) in [5.74, 6) is 0.357. The van der Waals surface area contributed by atoms with Gasteiger partial charge >= 0.3 is 0 Å². The molecule has 3 nitrogen and oxygen atoms in total. The second-order valence-electron chi connectivity index (χ2n) is 5.18. The number of hydrogen-bond acceptors (Lipinski definition) is 2. The summed E-state index contributed by atoms with van der Waals surface area (Å²) in [7, 11) is 0. The molecule has 3 N–H and O–H groups in total. The molecule has 1 amide bonds. The van der Waals surface area contributed by atoms with Crippen molar-refractivity contribution in [2.45, 2.75) is 32.6 Å². The summed E-state index contributed by atoms with van der Waals surface area (Å²) in [6, 6.07) is 4.27. The number of nitrogens with two attached hydrogens (primary N) is 1. The SMILES string of the molecule is CC1CCC(C(=O)Nc2ccc(F)c(N)c2)CC1. The minimum atomic E-state index is -0.459. The van der Waals surface area contributed by atoms with E-state index in [1.807, 2.05) is 0 Å². The highest BCUT2D eigenvalue weighted by Gasteiger charge is 2.24. The van der Waals surface area contributed by atoms with Crippen molar-refractivity contribution in [3.05, 3.63) is 24.0 Å². The third kappa shape index (κ3) is 3.00. The number of carbonyl (C=O) groups is 1. The molecular formula is C14H19FN2O. The zero-order valence-electron chi connectivity index (χ0n) is 10.6. The lowest BCUT2D eigenvalue weighted by Crippen LogP contribution is -2.26. The summed E-state index contributed by atoms with van der Waals surface area (Å²) in [5.41, 5.74) is 6.09. The number of rotatable bonds is 2. The standard InChI is InChI=1S/C14H19FN2O/c1-9-2-4-10(5-3-9)14(18)17-11-6-7-12(15)13(16)8-11/h6-10H,2-5,16H2,1H3,(H,17,18). The number of anilines is 2. The van der Waals surface area contributed by atoms with Gasteiger partial charge in [-0.05, 0) is 49.8 Å². The Morgan fingerprint density at radius 2 is 2.00 bits per heavy atom. The van der Waals surface area contributed by atoms with Crippen LogP contribution in [0.25, 0.3) is 0 Å². The second-order valence-corrected chi connectivity index (χ2v) is 5.18. The smallest absolute Gasteiger partial charge is 0.227 e. The normalized spacial score (nSPS) is 23.7. The van der Waals surface area contributed by atoms with Crippen LogP contribution in [0.3, 0.4) is 0 Å². The van der Waals surface area contributed by atoms with E-state index in [2.05, 4.69) is 12.2 Å². The molecule has 0 heterocycles. The Morgan fingerprint density at radius 3 is 2.61 bits per heavy atom. The molecule has 1 aromatic carbocycles. The van der Waals surface area contributed by atoms with Crippen molar-refractivity contribution in [2.75, 3.05) is 11.1 Å². The number of halogens is 1. The Kier molecular flexibility index (Phi) is 3.84. The molecule has 2 rings (SSSR count). The first-order valence-electron chi connectivity index (χ1n) is 6.42. The topological polar surface area (TPSA) is 55.1 Å². The number of carbonyl (C=O) groups excluding carboxylic acids is 1. The third-order valence-corrected chi connectivity index (χ3v) is 3.65. The fraction of sp³-hybridized carbons (Fsp3) is 0.500. The van der Waals surface area contributed by atoms with Gasteiger partial charge in [0.25, 0.3) is 0 Å². The van der Waals surface area contributed by atoms with Gasteiger partial charge in [0.05, 0.1) is 5.69 Å². The summed E-state index contributed by atoms with van der Waals surface area (Å²) in [6.07, 6.45) is 4.07. The van der Waals surface area contributed by atoms with Crippen LogP contribution in [0.4, 0.5) is 15.8 Å². The van der Waals surface area contributed by atoms with Crippen molar-refractivity contribution >= 4 is 17.3 Å². The first kappa shape index (κ1) is 12.9. The van der Waals surface area contributed by atoms with E-state index in [4.69, 9.17) is 5.73 Å². The number of nitrogens with one attached hydrogen (secondary N) is 1. The van der Waals surface area contributed by atoms with Crippen LogP contribution in [-0.4, -0.2) is 5.91 Å². The molecule has 1 aliphatic carbocycles. The Balaban J connectivity index is 1.96. The third-order valence-electron chi connectivity index (χ3n) is 3.65. The Labute approximate surface area is 107 Å². The maximum Gasteiger partial charge on any atom is 0.227 e. The van der Waals surface area contributed by atoms with Gasteiger partial charge in [0, 0.05) is 11.6 Å². The van der Waals surface area contributed by atoms with Gasteiger partial charge in [-0.15, -0.1) is 0 Å². The molecule has 98 valence electrons. The lowest BCUT2D eigenvalue weighted by molar-refractivity contribution is -0.121. The summed E-state index contributed by atoms with van der Waals surface area (Å²) in [5, 5.41) is 2.81. The van der Waals surface area contributed by atoms with Crippen molar-refractivity contribution in [3.8, 4) is 0 Å². The molecule has 0 unspecified atom stereocenters. The first-order chi connectivity index (χ1) is 8.56. The molecule has 4 heteroatoms. The maximum atomic E-state index is 13.0. The monoisotopic (exact) mass is 250 g/mol. The zero-order valence-corrected chi connectivity index (χ0v) is 10.6. The van der Waals surface area contributed by atoms with Crippen LogP contribution < -0.4 is 11.1 Å². The lowest BCUT2D eigenvalue weighted by atomic mass is 9.82. The fourth-order valence-electron chi connectivity index (χ4n) is 2.39. The van der Waals surface area contributed by atoms with Gasteiger partial charge in [0.15, 0.2) is 0 Å². The minimum Gasteiger partial charge on any atom is -0.396 e. The van der Waals surface area contributed by atoms with Crippen LogP contribution in [0.15, 0.2) is 18.2 Å². The summed E-state index contributed by atoms with van der Waals surface area (Å²) >= 11 is 0. The highest BCUT2D eigenvalue weighted by atomic mass is 19.1. The van der Waals surface area contributed by atoms with Crippen molar-refractivity contribution in [1.29, 1.82) is 0 Å². The van der Waals surface area contributed by atoms with Gasteiger partial charge in [-0.3, -0.25) is 4.79 Å². The molecule has 0 bridgehead atoms. The molecule has 1 aliphatic rings. The van der Waals surface area contributed by atoms with E-state index in [1.165, 1.54) is 18.2 Å². The largest absolute Gasteiger partial charge is 0.396 e. The first-order valence-corrected chi connectivity index (χ1v) is 6.42. The predicted octanol–water partition coefficient (Wildman–Crippen LogP) is 3.17. The van der Waals surface area contributed by atoms with E-state index in [1.54, 1.807) is 0 Å². The molecule has 1 fully saturated rings. The van der Waals surface area contributed by atoms with Crippen LogP contribution in [0.5, 0.6) is 0 Å². The molecule has 0 atom stereocenters. The predicted molar refractivity (Wildman–Crippen MR) is 70.6 cm³/mol. The van der Waals surface area contributed by atoms with Crippen molar-refractivity contribution in [3.63, 3.8) is 0 Å². The summed E-state index contributed by atoms with van der Waals surface area (Å²) in [4.78, 5) is 12.0. The number of hydrogen-bond donors (Lipinski definition) is 2. The number of nitrogen functional groups attached to an aromatic ring is 1. The molecule has 0 radical (unpaired) electrons. The quantitative estimate of drug-likeness (QED) is 0.792. The van der Waals surface area contributed by atoms with Crippen molar-refractivity contribution < 1.29 is 9.18 Å². The van der Waals surface area contributed by atoms with E-state index in [0.29, 0.717) is 5.69 Å². The number of amides is 1. The van der Waals surface area contributed by atoms with Crippen molar-refractivity contribution in [1.82, 2.24) is 0 Å². The van der Waals surface area contributed by atoms with Crippen LogP contribution in [0.2, 0.25) is 0 Å². The Hall–Kier alpha value is -1.58. The molecule has 0 spiro atoms. The van der Waals surface area contributed by atoms with Gasteiger partial charge in [-0.1, -0.05) is 6.92 Å². The molecule has 0 aliphatic heterocycles. The van der Waals surface area contributed by atoms with Crippen LogP contribution >= 0.6 is 0 Å². The fourth-order valence-corrected chi connectivity index (χ4v) is 2.39. The number of benzene rings is 1. The average molecular weight is 250 g/mol. The highest BCUT2D eigenvalue weighted by molar-refractivity contribution is 5.93.